The standard InChI is InChI=1S/C11H8ClNO2S2/c1-15-10(14)8-9(17-11(16)13-8)6-3-2-4-7(12)5-6/h2-5H,1H3,(H,13,16). The molecule has 0 radical (unpaired) electrons. The zero-order valence-electron chi connectivity index (χ0n) is 8.82. The van der Waals surface area contributed by atoms with E-state index in [1.165, 1.54) is 18.4 Å². The number of carbonyl (C=O) groups excluding carboxylic acids is 1. The van der Waals surface area contributed by atoms with Crippen LogP contribution in [0, 0.1) is 3.95 Å². The molecule has 17 heavy (non-hydrogen) atoms. The van der Waals surface area contributed by atoms with Crippen molar-refractivity contribution in [1.29, 1.82) is 0 Å². The van der Waals surface area contributed by atoms with Gasteiger partial charge in [0.1, 0.15) is 5.69 Å². The van der Waals surface area contributed by atoms with E-state index in [2.05, 4.69) is 4.98 Å². The van der Waals surface area contributed by atoms with E-state index in [9.17, 15) is 4.79 Å². The molecule has 0 aliphatic heterocycles. The third-order valence-corrected chi connectivity index (χ3v) is 3.64. The number of aromatic amines is 1. The lowest BCUT2D eigenvalue weighted by Gasteiger charge is -2.01. The molecule has 1 N–H and O–H groups in total. The molecule has 0 spiro atoms. The van der Waals surface area contributed by atoms with Crippen LogP contribution in [-0.2, 0) is 4.74 Å². The average molecular weight is 286 g/mol. The summed E-state index contributed by atoms with van der Waals surface area (Å²) in [7, 11) is 1.33. The molecule has 3 nitrogen and oxygen atoms in total. The molecule has 0 unspecified atom stereocenters. The number of aromatic nitrogens is 1. The van der Waals surface area contributed by atoms with Crippen LogP contribution in [0.4, 0.5) is 0 Å². The Hall–Kier alpha value is -1.17. The van der Waals surface area contributed by atoms with Crippen LogP contribution < -0.4 is 0 Å². The molecule has 0 saturated heterocycles. The van der Waals surface area contributed by atoms with E-state index in [4.69, 9.17) is 28.6 Å². The molecule has 1 aromatic carbocycles. The number of esters is 1. The molecule has 6 heteroatoms. The van der Waals surface area contributed by atoms with Gasteiger partial charge < -0.3 is 9.72 Å². The van der Waals surface area contributed by atoms with Crippen molar-refractivity contribution in [3.63, 3.8) is 0 Å². The fourth-order valence-electron chi connectivity index (χ4n) is 1.41. The molecular formula is C11H8ClNO2S2. The molecule has 0 saturated carbocycles. The minimum Gasteiger partial charge on any atom is -0.464 e. The van der Waals surface area contributed by atoms with Gasteiger partial charge in [-0.2, -0.15) is 0 Å². The quantitative estimate of drug-likeness (QED) is 0.672. The molecule has 0 aliphatic rings. The lowest BCUT2D eigenvalue weighted by molar-refractivity contribution is 0.0595. The van der Waals surface area contributed by atoms with Crippen molar-refractivity contribution in [3.05, 3.63) is 38.9 Å². The molecule has 2 rings (SSSR count). The van der Waals surface area contributed by atoms with Gasteiger partial charge in [-0.05, 0) is 29.9 Å². The fourth-order valence-corrected chi connectivity index (χ4v) is 2.77. The number of hydrogen-bond donors (Lipinski definition) is 1. The first kappa shape index (κ1) is 12.3. The number of hydrogen-bond acceptors (Lipinski definition) is 4. The van der Waals surface area contributed by atoms with Gasteiger partial charge in [0, 0.05) is 5.02 Å². The highest BCUT2D eigenvalue weighted by atomic mass is 35.5. The van der Waals surface area contributed by atoms with Gasteiger partial charge in [0.25, 0.3) is 0 Å². The van der Waals surface area contributed by atoms with Crippen LogP contribution in [-0.4, -0.2) is 18.1 Å². The molecule has 0 amide bonds. The summed E-state index contributed by atoms with van der Waals surface area (Å²) in [6, 6.07) is 7.24. The highest BCUT2D eigenvalue weighted by Gasteiger charge is 2.16. The Balaban J connectivity index is 2.59. The second-order valence-electron chi connectivity index (χ2n) is 3.22. The smallest absolute Gasteiger partial charge is 0.356 e. The number of ether oxygens (including phenoxy) is 1. The summed E-state index contributed by atoms with van der Waals surface area (Å²) < 4.78 is 5.23. The lowest BCUT2D eigenvalue weighted by Crippen LogP contribution is -2.03. The van der Waals surface area contributed by atoms with Crippen molar-refractivity contribution in [3.8, 4) is 10.4 Å². The van der Waals surface area contributed by atoms with E-state index in [0.717, 1.165) is 10.4 Å². The SMILES string of the molecule is COC(=O)c1[nH]c(=S)sc1-c1cccc(Cl)c1. The first-order valence-electron chi connectivity index (χ1n) is 4.69. The summed E-state index contributed by atoms with van der Waals surface area (Å²) >= 11 is 12.3. The minimum absolute atomic E-state index is 0.366. The molecule has 0 aliphatic carbocycles. The molecular weight excluding hydrogens is 278 g/mol. The van der Waals surface area contributed by atoms with Crippen molar-refractivity contribution in [1.82, 2.24) is 4.98 Å². The van der Waals surface area contributed by atoms with Crippen LogP contribution in [0.1, 0.15) is 10.5 Å². The van der Waals surface area contributed by atoms with E-state index >= 15 is 0 Å². The number of benzene rings is 1. The predicted molar refractivity (Wildman–Crippen MR) is 71.3 cm³/mol. The number of thiazole rings is 1. The molecule has 0 bridgehead atoms. The first-order chi connectivity index (χ1) is 8.11. The minimum atomic E-state index is -0.438. The van der Waals surface area contributed by atoms with E-state index in [1.807, 2.05) is 12.1 Å². The van der Waals surface area contributed by atoms with Crippen LogP contribution in [0.2, 0.25) is 5.02 Å². The highest BCUT2D eigenvalue weighted by Crippen LogP contribution is 2.30. The summed E-state index contributed by atoms with van der Waals surface area (Å²) in [5.41, 5.74) is 1.21. The predicted octanol–water partition coefficient (Wildman–Crippen LogP) is 3.91. The Kier molecular flexibility index (Phi) is 3.61. The summed E-state index contributed by atoms with van der Waals surface area (Å²) in [4.78, 5) is 15.1. The fraction of sp³-hybridized carbons (Fsp3) is 0.0909. The Morgan fingerprint density at radius 1 is 1.53 bits per heavy atom. The van der Waals surface area contributed by atoms with E-state index < -0.39 is 5.97 Å². The number of carbonyl (C=O) groups is 1. The van der Waals surface area contributed by atoms with Crippen molar-refractivity contribution in [2.75, 3.05) is 7.11 Å². The molecule has 1 aromatic heterocycles. The van der Waals surface area contributed by atoms with E-state index in [0.29, 0.717) is 14.7 Å². The number of rotatable bonds is 2. The van der Waals surface area contributed by atoms with Crippen LogP contribution >= 0.6 is 35.2 Å². The molecule has 0 fully saturated rings. The van der Waals surface area contributed by atoms with E-state index in [-0.39, 0.29) is 0 Å². The maximum atomic E-state index is 11.6. The Morgan fingerprint density at radius 2 is 2.29 bits per heavy atom. The van der Waals surface area contributed by atoms with Crippen LogP contribution in [0.3, 0.4) is 0 Å². The zero-order chi connectivity index (χ0) is 12.4. The Labute approximate surface area is 112 Å². The molecule has 2 aromatic rings. The average Bonchev–Trinajstić information content (AvgIpc) is 2.70. The first-order valence-corrected chi connectivity index (χ1v) is 6.29. The zero-order valence-corrected chi connectivity index (χ0v) is 11.2. The third-order valence-electron chi connectivity index (χ3n) is 2.13. The van der Waals surface area contributed by atoms with Gasteiger partial charge in [-0.25, -0.2) is 4.79 Å². The van der Waals surface area contributed by atoms with Crippen molar-refractivity contribution in [2.45, 2.75) is 0 Å². The number of H-pyrrole nitrogens is 1. The Morgan fingerprint density at radius 3 is 2.94 bits per heavy atom. The lowest BCUT2D eigenvalue weighted by atomic mass is 10.1. The second-order valence-corrected chi connectivity index (χ2v) is 5.34. The van der Waals surface area contributed by atoms with Crippen LogP contribution in [0.15, 0.2) is 24.3 Å². The largest absolute Gasteiger partial charge is 0.464 e. The maximum absolute atomic E-state index is 11.6. The second kappa shape index (κ2) is 5.00. The number of nitrogens with one attached hydrogen (secondary N) is 1. The topological polar surface area (TPSA) is 42.1 Å². The number of halogens is 1. The molecule has 1 heterocycles. The summed E-state index contributed by atoms with van der Waals surface area (Å²) in [6.45, 7) is 0. The highest BCUT2D eigenvalue weighted by molar-refractivity contribution is 7.73. The maximum Gasteiger partial charge on any atom is 0.356 e. The third kappa shape index (κ3) is 2.57. The van der Waals surface area contributed by atoms with Gasteiger partial charge in [0.15, 0.2) is 3.95 Å². The van der Waals surface area contributed by atoms with Gasteiger partial charge in [0.2, 0.25) is 0 Å². The molecule has 0 atom stereocenters. The molecule has 88 valence electrons. The van der Waals surface area contributed by atoms with Crippen molar-refractivity contribution >= 4 is 41.1 Å². The van der Waals surface area contributed by atoms with Crippen molar-refractivity contribution in [2.24, 2.45) is 0 Å². The van der Waals surface area contributed by atoms with Gasteiger partial charge in [-0.3, -0.25) is 0 Å². The monoisotopic (exact) mass is 285 g/mol. The van der Waals surface area contributed by atoms with Crippen LogP contribution in [0.5, 0.6) is 0 Å². The summed E-state index contributed by atoms with van der Waals surface area (Å²) in [5, 5.41) is 0.609. The van der Waals surface area contributed by atoms with Gasteiger partial charge >= 0.3 is 5.97 Å². The number of methoxy groups -OCH3 is 1. The van der Waals surface area contributed by atoms with Gasteiger partial charge in [0.05, 0.1) is 12.0 Å². The van der Waals surface area contributed by atoms with Crippen molar-refractivity contribution < 1.29 is 9.53 Å². The van der Waals surface area contributed by atoms with Gasteiger partial charge in [-0.1, -0.05) is 23.7 Å². The summed E-state index contributed by atoms with van der Waals surface area (Å²) in [5.74, 6) is -0.438. The van der Waals surface area contributed by atoms with Crippen LogP contribution in [0.25, 0.3) is 10.4 Å². The van der Waals surface area contributed by atoms with E-state index in [1.54, 1.807) is 12.1 Å². The normalized spacial score (nSPS) is 10.2. The summed E-state index contributed by atoms with van der Waals surface area (Å²) in [6.07, 6.45) is 0. The Bertz CT molecular complexity index is 618. The van der Waals surface area contributed by atoms with Gasteiger partial charge in [-0.15, -0.1) is 11.3 Å².